The molecule has 0 radical (unpaired) electrons. The SMILES string of the molecule is Brc1cn[nH]c1-c1nc(N2CCCC2)no1. The van der Waals surface area contributed by atoms with Crippen LogP contribution >= 0.6 is 15.9 Å². The molecule has 0 aliphatic carbocycles. The Morgan fingerprint density at radius 1 is 1.38 bits per heavy atom. The molecule has 0 unspecified atom stereocenters. The number of hydrogen-bond acceptors (Lipinski definition) is 5. The van der Waals surface area contributed by atoms with Gasteiger partial charge in [0, 0.05) is 13.1 Å². The molecule has 1 aliphatic rings. The summed E-state index contributed by atoms with van der Waals surface area (Å²) in [6, 6.07) is 0. The molecule has 0 spiro atoms. The van der Waals surface area contributed by atoms with Gasteiger partial charge in [-0.05, 0) is 33.9 Å². The number of nitrogens with one attached hydrogen (secondary N) is 1. The van der Waals surface area contributed by atoms with Gasteiger partial charge in [0.05, 0.1) is 10.7 Å². The molecule has 0 saturated carbocycles. The molecule has 3 heterocycles. The lowest BCUT2D eigenvalue weighted by molar-refractivity contribution is 0.428. The summed E-state index contributed by atoms with van der Waals surface area (Å²) in [6.45, 7) is 2.01. The van der Waals surface area contributed by atoms with Crippen LogP contribution in [0.15, 0.2) is 15.2 Å². The van der Waals surface area contributed by atoms with E-state index in [1.54, 1.807) is 6.20 Å². The van der Waals surface area contributed by atoms with E-state index in [0.717, 1.165) is 23.3 Å². The monoisotopic (exact) mass is 283 g/mol. The molecule has 0 atom stereocenters. The zero-order chi connectivity index (χ0) is 11.0. The third-order valence-corrected chi connectivity index (χ3v) is 3.21. The summed E-state index contributed by atoms with van der Waals surface area (Å²) >= 11 is 3.36. The van der Waals surface area contributed by atoms with Gasteiger partial charge in [0.2, 0.25) is 0 Å². The van der Waals surface area contributed by atoms with Crippen LogP contribution in [-0.2, 0) is 0 Å². The summed E-state index contributed by atoms with van der Waals surface area (Å²) in [5.74, 6) is 1.13. The van der Waals surface area contributed by atoms with Crippen LogP contribution < -0.4 is 4.90 Å². The number of nitrogens with zero attached hydrogens (tertiary/aromatic N) is 4. The minimum atomic E-state index is 0.464. The first-order chi connectivity index (χ1) is 7.84. The van der Waals surface area contributed by atoms with Gasteiger partial charge in [-0.1, -0.05) is 0 Å². The zero-order valence-electron chi connectivity index (χ0n) is 8.48. The first kappa shape index (κ1) is 9.83. The Balaban J connectivity index is 1.90. The van der Waals surface area contributed by atoms with Crippen molar-refractivity contribution in [3.05, 3.63) is 10.7 Å². The number of anilines is 1. The van der Waals surface area contributed by atoms with Gasteiger partial charge in [-0.2, -0.15) is 10.1 Å². The lowest BCUT2D eigenvalue weighted by Gasteiger charge is -2.09. The molecule has 1 saturated heterocycles. The maximum atomic E-state index is 5.20. The van der Waals surface area contributed by atoms with Crippen LogP contribution in [0.1, 0.15) is 12.8 Å². The maximum Gasteiger partial charge on any atom is 0.278 e. The largest absolute Gasteiger partial charge is 0.338 e. The van der Waals surface area contributed by atoms with E-state index in [0.29, 0.717) is 11.8 Å². The molecule has 6 nitrogen and oxygen atoms in total. The summed E-state index contributed by atoms with van der Waals surface area (Å²) < 4.78 is 6.02. The van der Waals surface area contributed by atoms with Crippen LogP contribution in [0.25, 0.3) is 11.6 Å². The van der Waals surface area contributed by atoms with Gasteiger partial charge in [0.1, 0.15) is 5.69 Å². The fourth-order valence-corrected chi connectivity index (χ4v) is 2.14. The van der Waals surface area contributed by atoms with Gasteiger partial charge >= 0.3 is 0 Å². The average Bonchev–Trinajstić information content (AvgIpc) is 2.96. The second-order valence-corrected chi connectivity index (χ2v) is 4.54. The van der Waals surface area contributed by atoms with Crippen molar-refractivity contribution in [2.24, 2.45) is 0 Å². The highest BCUT2D eigenvalue weighted by molar-refractivity contribution is 9.10. The maximum absolute atomic E-state index is 5.20. The van der Waals surface area contributed by atoms with E-state index >= 15 is 0 Å². The van der Waals surface area contributed by atoms with Gasteiger partial charge in [0.15, 0.2) is 0 Å². The standard InChI is InChI=1S/C9H10BrN5O/c10-6-5-11-13-7(6)8-12-9(14-16-8)15-3-1-2-4-15/h5H,1-4H2,(H,11,13). The van der Waals surface area contributed by atoms with E-state index in [4.69, 9.17) is 4.52 Å². The Labute approximate surface area is 100 Å². The van der Waals surface area contributed by atoms with Crippen LogP contribution in [0, 0.1) is 0 Å². The van der Waals surface area contributed by atoms with Crippen molar-refractivity contribution in [2.45, 2.75) is 12.8 Å². The highest BCUT2D eigenvalue weighted by Crippen LogP contribution is 2.26. The second-order valence-electron chi connectivity index (χ2n) is 3.69. The van der Waals surface area contributed by atoms with Gasteiger partial charge in [0.25, 0.3) is 11.8 Å². The molecule has 7 heteroatoms. The van der Waals surface area contributed by atoms with Crippen LogP contribution in [0.5, 0.6) is 0 Å². The highest BCUT2D eigenvalue weighted by Gasteiger charge is 2.20. The van der Waals surface area contributed by atoms with Crippen molar-refractivity contribution in [1.82, 2.24) is 20.3 Å². The molecule has 0 bridgehead atoms. The van der Waals surface area contributed by atoms with Crippen LogP contribution in [-0.4, -0.2) is 33.4 Å². The van der Waals surface area contributed by atoms with Crippen molar-refractivity contribution in [2.75, 3.05) is 18.0 Å². The molecule has 1 N–H and O–H groups in total. The summed E-state index contributed by atoms with van der Waals surface area (Å²) in [4.78, 5) is 6.46. The molecule has 1 fully saturated rings. The number of H-pyrrole nitrogens is 1. The van der Waals surface area contributed by atoms with Crippen LogP contribution in [0.3, 0.4) is 0 Å². The van der Waals surface area contributed by atoms with Gasteiger partial charge in [-0.25, -0.2) is 0 Å². The topological polar surface area (TPSA) is 70.8 Å². The predicted molar refractivity (Wildman–Crippen MR) is 61.0 cm³/mol. The van der Waals surface area contributed by atoms with E-state index in [-0.39, 0.29) is 0 Å². The van der Waals surface area contributed by atoms with Crippen LogP contribution in [0.2, 0.25) is 0 Å². The fourth-order valence-electron chi connectivity index (χ4n) is 1.78. The van der Waals surface area contributed by atoms with Crippen molar-refractivity contribution in [3.8, 4) is 11.6 Å². The third kappa shape index (κ3) is 1.60. The lowest BCUT2D eigenvalue weighted by atomic mass is 10.4. The molecule has 84 valence electrons. The number of aromatic nitrogens is 4. The van der Waals surface area contributed by atoms with E-state index in [1.165, 1.54) is 12.8 Å². The summed E-state index contributed by atoms with van der Waals surface area (Å²) in [7, 11) is 0. The quantitative estimate of drug-likeness (QED) is 0.910. The number of rotatable bonds is 2. The first-order valence-electron chi connectivity index (χ1n) is 5.12. The normalized spacial score (nSPS) is 15.9. The minimum absolute atomic E-state index is 0.464. The molecule has 2 aromatic rings. The van der Waals surface area contributed by atoms with Gasteiger partial charge in [-0.15, -0.1) is 0 Å². The zero-order valence-corrected chi connectivity index (χ0v) is 10.1. The molecule has 16 heavy (non-hydrogen) atoms. The lowest BCUT2D eigenvalue weighted by Crippen LogP contribution is -2.18. The smallest absolute Gasteiger partial charge is 0.278 e. The van der Waals surface area contributed by atoms with Gasteiger partial charge in [-0.3, -0.25) is 5.10 Å². The molecular formula is C9H10BrN5O. The highest BCUT2D eigenvalue weighted by atomic mass is 79.9. The Kier molecular flexibility index (Phi) is 2.39. The van der Waals surface area contributed by atoms with Crippen molar-refractivity contribution < 1.29 is 4.52 Å². The molecule has 0 amide bonds. The Morgan fingerprint density at radius 3 is 2.88 bits per heavy atom. The number of aromatic amines is 1. The summed E-state index contributed by atoms with van der Waals surface area (Å²) in [5.41, 5.74) is 0.720. The predicted octanol–water partition coefficient (Wildman–Crippen LogP) is 1.82. The second kappa shape index (κ2) is 3.89. The Bertz CT molecular complexity index is 488. The van der Waals surface area contributed by atoms with Crippen molar-refractivity contribution in [3.63, 3.8) is 0 Å². The van der Waals surface area contributed by atoms with E-state index < -0.39 is 0 Å². The molecule has 2 aromatic heterocycles. The third-order valence-electron chi connectivity index (χ3n) is 2.61. The minimum Gasteiger partial charge on any atom is -0.338 e. The van der Waals surface area contributed by atoms with E-state index in [1.807, 2.05) is 0 Å². The van der Waals surface area contributed by atoms with Crippen molar-refractivity contribution in [1.29, 1.82) is 0 Å². The Hall–Kier alpha value is -1.37. The molecule has 0 aromatic carbocycles. The Morgan fingerprint density at radius 2 is 2.19 bits per heavy atom. The van der Waals surface area contributed by atoms with E-state index in [9.17, 15) is 0 Å². The first-order valence-corrected chi connectivity index (χ1v) is 5.92. The summed E-state index contributed by atoms with van der Waals surface area (Å²) in [6.07, 6.45) is 4.05. The molecule has 1 aliphatic heterocycles. The average molecular weight is 284 g/mol. The van der Waals surface area contributed by atoms with Crippen molar-refractivity contribution >= 4 is 21.9 Å². The number of hydrogen-bond donors (Lipinski definition) is 1. The summed E-state index contributed by atoms with van der Waals surface area (Å²) in [5, 5.41) is 10.7. The fraction of sp³-hybridized carbons (Fsp3) is 0.444. The van der Waals surface area contributed by atoms with Gasteiger partial charge < -0.3 is 9.42 Å². The molecular weight excluding hydrogens is 274 g/mol. The van der Waals surface area contributed by atoms with E-state index in [2.05, 4.69) is 41.2 Å². The molecule has 3 rings (SSSR count). The van der Waals surface area contributed by atoms with Crippen LogP contribution in [0.4, 0.5) is 5.95 Å². The number of halogens is 1.